The van der Waals surface area contributed by atoms with Crippen molar-refractivity contribution in [2.24, 2.45) is 5.92 Å². The van der Waals surface area contributed by atoms with E-state index in [1.807, 2.05) is 31.3 Å². The van der Waals surface area contributed by atoms with E-state index in [2.05, 4.69) is 12.2 Å². The molecule has 1 N–H and O–H groups in total. The molecule has 1 saturated heterocycles. The van der Waals surface area contributed by atoms with Crippen molar-refractivity contribution in [2.45, 2.75) is 32.2 Å². The normalized spacial score (nSPS) is 22.4. The van der Waals surface area contributed by atoms with Gasteiger partial charge in [0.2, 0.25) is 5.91 Å². The number of nitrogens with one attached hydrogen (secondary N) is 1. The minimum absolute atomic E-state index is 0.0649. The molecular weight excluding hydrogens is 252 g/mol. The SMILES string of the molecule is CCC1CCNC(C(=O)N(C)c2cccc(OC)c2)C1. The molecule has 2 rings (SSSR count). The Labute approximate surface area is 121 Å². The Morgan fingerprint density at radius 3 is 3.00 bits per heavy atom. The Morgan fingerprint density at radius 2 is 2.30 bits per heavy atom. The summed E-state index contributed by atoms with van der Waals surface area (Å²) in [6, 6.07) is 7.54. The highest BCUT2D eigenvalue weighted by atomic mass is 16.5. The van der Waals surface area contributed by atoms with Gasteiger partial charge in [-0.2, -0.15) is 0 Å². The van der Waals surface area contributed by atoms with Gasteiger partial charge in [-0.1, -0.05) is 19.4 Å². The van der Waals surface area contributed by atoms with Crippen molar-refractivity contribution in [2.75, 3.05) is 25.6 Å². The van der Waals surface area contributed by atoms with Gasteiger partial charge in [-0.25, -0.2) is 0 Å². The van der Waals surface area contributed by atoms with E-state index >= 15 is 0 Å². The number of nitrogens with zero attached hydrogens (tertiary/aromatic N) is 1. The number of likely N-dealkylation sites (N-methyl/N-ethyl adjacent to an activating group) is 1. The molecule has 1 heterocycles. The van der Waals surface area contributed by atoms with E-state index in [4.69, 9.17) is 4.74 Å². The molecular formula is C16H24N2O2. The zero-order chi connectivity index (χ0) is 14.5. The standard InChI is InChI=1S/C16H24N2O2/c1-4-12-8-9-17-15(10-12)16(19)18(2)13-6-5-7-14(11-13)20-3/h5-7,11-12,15,17H,4,8-10H2,1-3H3. The lowest BCUT2D eigenvalue weighted by Crippen LogP contribution is -2.49. The molecule has 1 aromatic rings. The summed E-state index contributed by atoms with van der Waals surface area (Å²) in [5.74, 6) is 1.56. The van der Waals surface area contributed by atoms with Crippen LogP contribution in [0.3, 0.4) is 0 Å². The van der Waals surface area contributed by atoms with Crippen molar-refractivity contribution in [3.05, 3.63) is 24.3 Å². The highest BCUT2D eigenvalue weighted by Gasteiger charge is 2.28. The number of benzene rings is 1. The monoisotopic (exact) mass is 276 g/mol. The first kappa shape index (κ1) is 14.9. The van der Waals surface area contributed by atoms with E-state index in [0.717, 1.165) is 30.8 Å². The molecule has 0 bridgehead atoms. The van der Waals surface area contributed by atoms with Crippen LogP contribution in [0.25, 0.3) is 0 Å². The highest BCUT2D eigenvalue weighted by Crippen LogP contribution is 2.24. The summed E-state index contributed by atoms with van der Waals surface area (Å²) in [6.45, 7) is 3.13. The summed E-state index contributed by atoms with van der Waals surface area (Å²) in [5.41, 5.74) is 0.870. The maximum Gasteiger partial charge on any atom is 0.243 e. The van der Waals surface area contributed by atoms with Crippen LogP contribution in [0.15, 0.2) is 24.3 Å². The number of carbonyl (C=O) groups excluding carboxylic acids is 1. The molecule has 1 aromatic carbocycles. The van der Waals surface area contributed by atoms with Crippen LogP contribution in [0, 0.1) is 5.92 Å². The van der Waals surface area contributed by atoms with E-state index < -0.39 is 0 Å². The molecule has 20 heavy (non-hydrogen) atoms. The van der Waals surface area contributed by atoms with Gasteiger partial charge in [0.1, 0.15) is 5.75 Å². The summed E-state index contributed by atoms with van der Waals surface area (Å²) < 4.78 is 5.21. The van der Waals surface area contributed by atoms with Gasteiger partial charge < -0.3 is 15.0 Å². The van der Waals surface area contributed by atoms with Crippen molar-refractivity contribution >= 4 is 11.6 Å². The lowest BCUT2D eigenvalue weighted by molar-refractivity contribution is -0.121. The van der Waals surface area contributed by atoms with Gasteiger partial charge in [-0.3, -0.25) is 4.79 Å². The smallest absolute Gasteiger partial charge is 0.243 e. The number of piperidine rings is 1. The number of carbonyl (C=O) groups is 1. The van der Waals surface area contributed by atoms with Crippen LogP contribution in [-0.2, 0) is 4.79 Å². The molecule has 0 saturated carbocycles. The van der Waals surface area contributed by atoms with E-state index in [1.54, 1.807) is 12.0 Å². The van der Waals surface area contributed by atoms with Crippen LogP contribution in [-0.4, -0.2) is 32.7 Å². The van der Waals surface area contributed by atoms with Crippen molar-refractivity contribution in [1.82, 2.24) is 5.32 Å². The third-order valence-electron chi connectivity index (χ3n) is 4.16. The molecule has 0 spiro atoms. The minimum atomic E-state index is -0.0649. The molecule has 4 heteroatoms. The van der Waals surface area contributed by atoms with Crippen molar-refractivity contribution in [1.29, 1.82) is 0 Å². The zero-order valence-corrected chi connectivity index (χ0v) is 12.6. The number of anilines is 1. The lowest BCUT2D eigenvalue weighted by Gasteiger charge is -2.31. The fourth-order valence-corrected chi connectivity index (χ4v) is 2.74. The summed E-state index contributed by atoms with van der Waals surface area (Å²) in [7, 11) is 3.46. The second-order valence-electron chi connectivity index (χ2n) is 5.40. The van der Waals surface area contributed by atoms with E-state index in [0.29, 0.717) is 5.92 Å². The van der Waals surface area contributed by atoms with Crippen LogP contribution in [0.4, 0.5) is 5.69 Å². The van der Waals surface area contributed by atoms with Gasteiger partial charge >= 0.3 is 0 Å². The van der Waals surface area contributed by atoms with Crippen LogP contribution in [0.1, 0.15) is 26.2 Å². The second-order valence-corrected chi connectivity index (χ2v) is 5.40. The number of hydrogen-bond donors (Lipinski definition) is 1. The van der Waals surface area contributed by atoms with Gasteiger partial charge in [-0.15, -0.1) is 0 Å². The van der Waals surface area contributed by atoms with Crippen molar-refractivity contribution < 1.29 is 9.53 Å². The highest BCUT2D eigenvalue weighted by molar-refractivity contribution is 5.96. The largest absolute Gasteiger partial charge is 0.497 e. The predicted octanol–water partition coefficient (Wildman–Crippen LogP) is 2.44. The number of ether oxygens (including phenoxy) is 1. The van der Waals surface area contributed by atoms with Crippen molar-refractivity contribution in [3.8, 4) is 5.75 Å². The third-order valence-corrected chi connectivity index (χ3v) is 4.16. The zero-order valence-electron chi connectivity index (χ0n) is 12.6. The minimum Gasteiger partial charge on any atom is -0.497 e. The molecule has 1 aliphatic heterocycles. The molecule has 1 fully saturated rings. The van der Waals surface area contributed by atoms with Crippen molar-refractivity contribution in [3.63, 3.8) is 0 Å². The molecule has 2 unspecified atom stereocenters. The average molecular weight is 276 g/mol. The number of methoxy groups -OCH3 is 1. The average Bonchev–Trinajstić information content (AvgIpc) is 2.53. The first-order chi connectivity index (χ1) is 9.65. The molecule has 0 radical (unpaired) electrons. The topological polar surface area (TPSA) is 41.6 Å². The molecule has 0 aliphatic carbocycles. The van der Waals surface area contributed by atoms with Crippen LogP contribution in [0.2, 0.25) is 0 Å². The van der Waals surface area contributed by atoms with Gasteiger partial charge in [-0.05, 0) is 37.4 Å². The molecule has 110 valence electrons. The number of rotatable bonds is 4. The maximum absolute atomic E-state index is 12.6. The van der Waals surface area contributed by atoms with Crippen LogP contribution < -0.4 is 15.0 Å². The summed E-state index contributed by atoms with van der Waals surface area (Å²) in [6.07, 6.45) is 3.25. The second kappa shape index (κ2) is 6.75. The van der Waals surface area contributed by atoms with E-state index in [1.165, 1.54) is 6.42 Å². The van der Waals surface area contributed by atoms with Gasteiger partial charge in [0.05, 0.1) is 13.2 Å². The predicted molar refractivity (Wildman–Crippen MR) is 81.2 cm³/mol. The fraction of sp³-hybridized carbons (Fsp3) is 0.562. The lowest BCUT2D eigenvalue weighted by atomic mass is 9.90. The molecule has 4 nitrogen and oxygen atoms in total. The van der Waals surface area contributed by atoms with Crippen LogP contribution in [0.5, 0.6) is 5.75 Å². The molecule has 0 aromatic heterocycles. The van der Waals surface area contributed by atoms with E-state index in [9.17, 15) is 4.79 Å². The Hall–Kier alpha value is -1.55. The first-order valence-electron chi connectivity index (χ1n) is 7.30. The Bertz CT molecular complexity index is 462. The molecule has 1 aliphatic rings. The Kier molecular flexibility index (Phi) is 5.01. The quantitative estimate of drug-likeness (QED) is 0.918. The Morgan fingerprint density at radius 1 is 1.50 bits per heavy atom. The summed E-state index contributed by atoms with van der Waals surface area (Å²) in [4.78, 5) is 14.3. The third kappa shape index (κ3) is 3.31. The fourth-order valence-electron chi connectivity index (χ4n) is 2.74. The summed E-state index contributed by atoms with van der Waals surface area (Å²) in [5, 5.41) is 3.34. The Balaban J connectivity index is 2.07. The van der Waals surface area contributed by atoms with Gasteiger partial charge in [0.15, 0.2) is 0 Å². The van der Waals surface area contributed by atoms with Crippen LogP contribution >= 0.6 is 0 Å². The molecule has 1 amide bonds. The summed E-state index contributed by atoms with van der Waals surface area (Å²) >= 11 is 0. The van der Waals surface area contributed by atoms with Gasteiger partial charge in [0.25, 0.3) is 0 Å². The number of hydrogen-bond acceptors (Lipinski definition) is 3. The van der Waals surface area contributed by atoms with Gasteiger partial charge in [0, 0.05) is 18.8 Å². The maximum atomic E-state index is 12.6. The molecule has 2 atom stereocenters. The van der Waals surface area contributed by atoms with E-state index in [-0.39, 0.29) is 11.9 Å². The first-order valence-corrected chi connectivity index (χ1v) is 7.30. The number of amides is 1.